The second-order valence-corrected chi connectivity index (χ2v) is 4.82. The van der Waals surface area contributed by atoms with E-state index in [-0.39, 0.29) is 17.3 Å². The van der Waals surface area contributed by atoms with Crippen LogP contribution in [0.25, 0.3) is 0 Å². The number of aromatic carboxylic acids is 1. The van der Waals surface area contributed by atoms with E-state index in [0.29, 0.717) is 5.69 Å². The average molecular weight is 295 g/mol. The Labute approximate surface area is 123 Å². The Kier molecular flexibility index (Phi) is 6.10. The van der Waals surface area contributed by atoms with Crippen LogP contribution < -0.4 is 5.32 Å². The van der Waals surface area contributed by atoms with Crippen molar-refractivity contribution in [3.8, 4) is 0 Å². The fourth-order valence-electron chi connectivity index (χ4n) is 2.13. The van der Waals surface area contributed by atoms with Crippen molar-refractivity contribution in [2.75, 3.05) is 25.0 Å². The molecule has 116 valence electrons. The van der Waals surface area contributed by atoms with E-state index >= 15 is 0 Å². The number of hydrogen-bond acceptors (Lipinski definition) is 5. The minimum atomic E-state index is -1.18. The number of carbonyl (C=O) groups is 1. The van der Waals surface area contributed by atoms with Crippen LogP contribution in [0.5, 0.6) is 0 Å². The van der Waals surface area contributed by atoms with Crippen LogP contribution >= 0.6 is 0 Å². The SMILES string of the molecule is CCN(CC)CC(C)Nc1ccc([N+](=O)[O-])cc1C(=O)O. The molecule has 0 bridgehead atoms. The Hall–Kier alpha value is -2.15. The number of nitrogens with one attached hydrogen (secondary N) is 1. The highest BCUT2D eigenvalue weighted by Crippen LogP contribution is 2.23. The Balaban J connectivity index is 2.92. The first-order chi connectivity index (χ1) is 9.88. The van der Waals surface area contributed by atoms with Gasteiger partial charge in [-0.05, 0) is 26.1 Å². The number of carboxylic acid groups (broad SMARTS) is 1. The molecule has 1 aromatic carbocycles. The van der Waals surface area contributed by atoms with Gasteiger partial charge in [-0.25, -0.2) is 4.79 Å². The number of carboxylic acids is 1. The summed E-state index contributed by atoms with van der Waals surface area (Å²) < 4.78 is 0. The van der Waals surface area contributed by atoms with Crippen LogP contribution in [0.3, 0.4) is 0 Å². The topological polar surface area (TPSA) is 95.7 Å². The van der Waals surface area contributed by atoms with Crippen LogP contribution in [0.15, 0.2) is 18.2 Å². The molecule has 7 nitrogen and oxygen atoms in total. The van der Waals surface area contributed by atoms with Crippen molar-refractivity contribution >= 4 is 17.3 Å². The molecule has 0 radical (unpaired) electrons. The highest BCUT2D eigenvalue weighted by atomic mass is 16.6. The van der Waals surface area contributed by atoms with Gasteiger partial charge in [0, 0.05) is 30.4 Å². The maximum Gasteiger partial charge on any atom is 0.338 e. The molecule has 0 aliphatic carbocycles. The van der Waals surface area contributed by atoms with Gasteiger partial charge in [-0.1, -0.05) is 13.8 Å². The van der Waals surface area contributed by atoms with Crippen molar-refractivity contribution in [1.82, 2.24) is 4.90 Å². The highest BCUT2D eigenvalue weighted by Gasteiger charge is 2.17. The number of likely N-dealkylation sites (N-methyl/N-ethyl adjacent to an activating group) is 1. The predicted octanol–water partition coefficient (Wildman–Crippen LogP) is 2.44. The van der Waals surface area contributed by atoms with Crippen LogP contribution in [-0.2, 0) is 0 Å². The largest absolute Gasteiger partial charge is 0.478 e. The third-order valence-corrected chi connectivity index (χ3v) is 3.27. The van der Waals surface area contributed by atoms with Gasteiger partial charge in [-0.15, -0.1) is 0 Å². The third kappa shape index (κ3) is 4.71. The van der Waals surface area contributed by atoms with E-state index in [1.807, 2.05) is 6.92 Å². The summed E-state index contributed by atoms with van der Waals surface area (Å²) in [5.74, 6) is -1.18. The van der Waals surface area contributed by atoms with Crippen LogP contribution in [0.2, 0.25) is 0 Å². The van der Waals surface area contributed by atoms with E-state index in [1.165, 1.54) is 12.1 Å². The second kappa shape index (κ2) is 7.58. The molecule has 21 heavy (non-hydrogen) atoms. The van der Waals surface area contributed by atoms with Crippen LogP contribution in [0, 0.1) is 10.1 Å². The molecule has 0 saturated carbocycles. The Bertz CT molecular complexity index is 515. The second-order valence-electron chi connectivity index (χ2n) is 4.82. The number of nitrogens with zero attached hydrogens (tertiary/aromatic N) is 2. The molecule has 0 spiro atoms. The number of nitro groups is 1. The maximum atomic E-state index is 11.2. The fourth-order valence-corrected chi connectivity index (χ4v) is 2.13. The van der Waals surface area contributed by atoms with Crippen molar-refractivity contribution < 1.29 is 14.8 Å². The first-order valence-electron chi connectivity index (χ1n) is 6.89. The quantitative estimate of drug-likeness (QED) is 0.565. The van der Waals surface area contributed by atoms with Gasteiger partial charge in [0.2, 0.25) is 0 Å². The smallest absolute Gasteiger partial charge is 0.338 e. The average Bonchev–Trinajstić information content (AvgIpc) is 2.44. The van der Waals surface area contributed by atoms with E-state index in [9.17, 15) is 20.0 Å². The molecule has 0 saturated heterocycles. The number of benzene rings is 1. The summed E-state index contributed by atoms with van der Waals surface area (Å²) in [6.45, 7) is 8.66. The van der Waals surface area contributed by atoms with E-state index < -0.39 is 10.9 Å². The van der Waals surface area contributed by atoms with Crippen molar-refractivity contribution in [2.24, 2.45) is 0 Å². The fraction of sp³-hybridized carbons (Fsp3) is 0.500. The molecule has 1 rings (SSSR count). The summed E-state index contributed by atoms with van der Waals surface area (Å²) in [5.41, 5.74) is 0.0812. The molecule has 2 N–H and O–H groups in total. The zero-order valence-electron chi connectivity index (χ0n) is 12.5. The third-order valence-electron chi connectivity index (χ3n) is 3.27. The highest BCUT2D eigenvalue weighted by molar-refractivity contribution is 5.95. The van der Waals surface area contributed by atoms with Crippen molar-refractivity contribution in [3.63, 3.8) is 0 Å². The number of anilines is 1. The van der Waals surface area contributed by atoms with Crippen molar-refractivity contribution in [2.45, 2.75) is 26.8 Å². The lowest BCUT2D eigenvalue weighted by Gasteiger charge is -2.24. The number of nitro benzene ring substituents is 1. The molecule has 0 aromatic heterocycles. The monoisotopic (exact) mass is 295 g/mol. The zero-order chi connectivity index (χ0) is 16.0. The van der Waals surface area contributed by atoms with Crippen LogP contribution in [0.1, 0.15) is 31.1 Å². The summed E-state index contributed by atoms with van der Waals surface area (Å²) in [6, 6.07) is 3.86. The van der Waals surface area contributed by atoms with Crippen LogP contribution in [0.4, 0.5) is 11.4 Å². The molecule has 7 heteroatoms. The van der Waals surface area contributed by atoms with Gasteiger partial charge in [0.15, 0.2) is 0 Å². The molecule has 0 aliphatic heterocycles. The first kappa shape index (κ1) is 16.9. The van der Waals surface area contributed by atoms with Gasteiger partial charge in [0.05, 0.1) is 10.5 Å². The van der Waals surface area contributed by atoms with Gasteiger partial charge in [-0.3, -0.25) is 10.1 Å². The minimum Gasteiger partial charge on any atom is -0.478 e. The molecule has 1 atom stereocenters. The van der Waals surface area contributed by atoms with Gasteiger partial charge in [0.1, 0.15) is 0 Å². The van der Waals surface area contributed by atoms with Gasteiger partial charge in [0.25, 0.3) is 5.69 Å². The van der Waals surface area contributed by atoms with Gasteiger partial charge >= 0.3 is 5.97 Å². The summed E-state index contributed by atoms with van der Waals surface area (Å²) in [5, 5.41) is 23.0. The Morgan fingerprint density at radius 1 is 1.43 bits per heavy atom. The summed E-state index contributed by atoms with van der Waals surface area (Å²) in [6.07, 6.45) is 0. The molecule has 1 aromatic rings. The number of hydrogen-bond donors (Lipinski definition) is 2. The summed E-state index contributed by atoms with van der Waals surface area (Å²) in [7, 11) is 0. The summed E-state index contributed by atoms with van der Waals surface area (Å²) in [4.78, 5) is 23.6. The summed E-state index contributed by atoms with van der Waals surface area (Å²) >= 11 is 0. The lowest BCUT2D eigenvalue weighted by atomic mass is 10.1. The first-order valence-corrected chi connectivity index (χ1v) is 6.89. The van der Waals surface area contributed by atoms with Gasteiger partial charge < -0.3 is 15.3 Å². The lowest BCUT2D eigenvalue weighted by Crippen LogP contribution is -2.35. The Morgan fingerprint density at radius 3 is 2.52 bits per heavy atom. The molecular formula is C14H21N3O4. The lowest BCUT2D eigenvalue weighted by molar-refractivity contribution is -0.384. The molecule has 0 heterocycles. The molecule has 0 amide bonds. The van der Waals surface area contributed by atoms with E-state index in [4.69, 9.17) is 0 Å². The number of non-ortho nitro benzene ring substituents is 1. The number of rotatable bonds is 8. The van der Waals surface area contributed by atoms with Crippen molar-refractivity contribution in [1.29, 1.82) is 0 Å². The van der Waals surface area contributed by atoms with E-state index in [0.717, 1.165) is 25.7 Å². The van der Waals surface area contributed by atoms with Crippen LogP contribution in [-0.4, -0.2) is 46.6 Å². The van der Waals surface area contributed by atoms with Crippen molar-refractivity contribution in [3.05, 3.63) is 33.9 Å². The maximum absolute atomic E-state index is 11.2. The zero-order valence-corrected chi connectivity index (χ0v) is 12.5. The minimum absolute atomic E-state index is 0.0319. The van der Waals surface area contributed by atoms with E-state index in [2.05, 4.69) is 24.1 Å². The molecule has 0 fully saturated rings. The predicted molar refractivity (Wildman–Crippen MR) is 80.9 cm³/mol. The van der Waals surface area contributed by atoms with E-state index in [1.54, 1.807) is 0 Å². The molecule has 1 unspecified atom stereocenters. The molecular weight excluding hydrogens is 274 g/mol. The normalized spacial score (nSPS) is 12.2. The molecule has 0 aliphatic rings. The standard InChI is InChI=1S/C14H21N3O4/c1-4-16(5-2)9-10(3)15-13-7-6-11(17(20)21)8-12(13)14(18)19/h6-8,10,15H,4-5,9H2,1-3H3,(H,18,19). The Morgan fingerprint density at radius 2 is 2.05 bits per heavy atom. The van der Waals surface area contributed by atoms with Gasteiger partial charge in [-0.2, -0.15) is 0 Å².